The summed E-state index contributed by atoms with van der Waals surface area (Å²) in [4.78, 5) is 2.64. The van der Waals surface area contributed by atoms with Gasteiger partial charge >= 0.3 is 0 Å². The fourth-order valence-electron chi connectivity index (χ4n) is 4.38. The van der Waals surface area contributed by atoms with Crippen molar-refractivity contribution >= 4 is 20.9 Å². The molecule has 0 spiro atoms. The van der Waals surface area contributed by atoms with Crippen molar-refractivity contribution in [3.8, 4) is 0 Å². The third-order valence-corrected chi connectivity index (χ3v) is 7.68. The number of hydrogen-bond acceptors (Lipinski definition) is 3. The van der Waals surface area contributed by atoms with E-state index in [1.54, 1.807) is 28.2 Å². The molecule has 0 N–H and O–H groups in total. The van der Waals surface area contributed by atoms with E-state index in [0.717, 1.165) is 41.7 Å². The van der Waals surface area contributed by atoms with E-state index in [1.807, 2.05) is 30.3 Å². The number of benzene rings is 3. The molecule has 3 aromatic carbocycles. The topological polar surface area (TPSA) is 42.3 Å². The minimum atomic E-state index is -3.66. The summed E-state index contributed by atoms with van der Waals surface area (Å²) in [5.41, 5.74) is 5.34. The summed E-state index contributed by atoms with van der Waals surface area (Å²) < 4.78 is 28.7. The molecule has 0 unspecified atom stereocenters. The van der Waals surface area contributed by atoms with Gasteiger partial charge in [-0.1, -0.05) is 67.6 Å². The lowest BCUT2D eigenvalue weighted by Crippen LogP contribution is -2.20. The second-order valence-electron chi connectivity index (χ2n) is 7.84. The number of rotatable bonds is 5. The van der Waals surface area contributed by atoms with Gasteiger partial charge in [0.1, 0.15) is 0 Å². The summed E-state index contributed by atoms with van der Waals surface area (Å²) in [6, 6.07) is 25.2. The van der Waals surface area contributed by atoms with E-state index in [9.17, 15) is 8.42 Å². The first-order chi connectivity index (χ1) is 14.6. The van der Waals surface area contributed by atoms with E-state index >= 15 is 0 Å². The van der Waals surface area contributed by atoms with Crippen LogP contribution in [0.3, 0.4) is 0 Å². The first-order valence-electron chi connectivity index (χ1n) is 10.3. The van der Waals surface area contributed by atoms with Crippen LogP contribution < -0.4 is 0 Å². The molecule has 0 radical (unpaired) electrons. The molecule has 0 saturated heterocycles. The minimum absolute atomic E-state index is 0.321. The highest BCUT2D eigenvalue weighted by atomic mass is 32.2. The Labute approximate surface area is 177 Å². The molecule has 0 fully saturated rings. The van der Waals surface area contributed by atoms with Gasteiger partial charge in [-0.15, -0.1) is 0 Å². The van der Waals surface area contributed by atoms with E-state index in [-0.39, 0.29) is 0 Å². The van der Waals surface area contributed by atoms with E-state index in [4.69, 9.17) is 0 Å². The molecule has 152 valence electrons. The van der Waals surface area contributed by atoms with E-state index < -0.39 is 10.0 Å². The lowest BCUT2D eigenvalue weighted by atomic mass is 10.1. The molecule has 4 nitrogen and oxygen atoms in total. The molecule has 0 aliphatic carbocycles. The number of fused-ring (bicyclic) bond motifs is 3. The highest BCUT2D eigenvalue weighted by molar-refractivity contribution is 7.90. The molecule has 0 amide bonds. The Morgan fingerprint density at radius 3 is 2.20 bits per heavy atom. The van der Waals surface area contributed by atoms with Gasteiger partial charge in [0.05, 0.1) is 16.1 Å². The third kappa shape index (κ3) is 3.15. The Bertz CT molecular complexity index is 1310. The zero-order valence-electron chi connectivity index (χ0n) is 17.0. The van der Waals surface area contributed by atoms with Gasteiger partial charge in [-0.05, 0) is 41.3 Å². The molecule has 1 aromatic heterocycles. The Morgan fingerprint density at radius 2 is 1.47 bits per heavy atom. The summed E-state index contributed by atoms with van der Waals surface area (Å²) in [5.74, 6) is 0. The van der Waals surface area contributed by atoms with Crippen molar-refractivity contribution in [3.05, 3.63) is 101 Å². The van der Waals surface area contributed by atoms with Crippen molar-refractivity contribution in [2.75, 3.05) is 0 Å². The van der Waals surface area contributed by atoms with Crippen LogP contribution >= 0.6 is 0 Å². The van der Waals surface area contributed by atoms with Crippen molar-refractivity contribution in [3.63, 3.8) is 0 Å². The molecule has 5 heteroatoms. The number of hydrogen-bond donors (Lipinski definition) is 0. The van der Waals surface area contributed by atoms with E-state index in [0.29, 0.717) is 11.4 Å². The maximum Gasteiger partial charge on any atom is 0.268 e. The minimum Gasteiger partial charge on any atom is -0.289 e. The highest BCUT2D eigenvalue weighted by Gasteiger charge is 2.32. The van der Waals surface area contributed by atoms with Gasteiger partial charge in [-0.2, -0.15) is 0 Å². The predicted molar refractivity (Wildman–Crippen MR) is 120 cm³/mol. The molecular formula is C25H24N2O2S. The van der Waals surface area contributed by atoms with Gasteiger partial charge in [0.25, 0.3) is 10.0 Å². The zero-order valence-corrected chi connectivity index (χ0v) is 17.8. The largest absolute Gasteiger partial charge is 0.289 e. The summed E-state index contributed by atoms with van der Waals surface area (Å²) in [6.45, 7) is 4.33. The monoisotopic (exact) mass is 416 g/mol. The van der Waals surface area contributed by atoms with Crippen molar-refractivity contribution in [2.45, 2.75) is 37.9 Å². The Morgan fingerprint density at radius 1 is 0.800 bits per heavy atom. The number of para-hydroxylation sites is 1. The maximum absolute atomic E-state index is 13.5. The second kappa shape index (κ2) is 7.42. The first-order valence-corrected chi connectivity index (χ1v) is 11.7. The van der Waals surface area contributed by atoms with Gasteiger partial charge in [-0.25, -0.2) is 12.4 Å². The van der Waals surface area contributed by atoms with Gasteiger partial charge in [-0.3, -0.25) is 4.90 Å². The molecule has 30 heavy (non-hydrogen) atoms. The Kier molecular flexibility index (Phi) is 4.72. The van der Waals surface area contributed by atoms with Crippen molar-refractivity contribution in [1.82, 2.24) is 8.87 Å². The van der Waals surface area contributed by atoms with Gasteiger partial charge in [0.15, 0.2) is 0 Å². The average molecular weight is 417 g/mol. The van der Waals surface area contributed by atoms with Crippen LogP contribution in [-0.4, -0.2) is 17.3 Å². The fraction of sp³-hybridized carbons (Fsp3) is 0.200. The maximum atomic E-state index is 13.5. The smallest absolute Gasteiger partial charge is 0.268 e. The lowest BCUT2D eigenvalue weighted by molar-refractivity contribution is 0.273. The SMILES string of the molecule is CCc1ccc(CN2Cc3c(n(S(=O)(=O)c4ccccc4)c4ccccc34)C2)cc1. The predicted octanol–water partition coefficient (Wildman–Crippen LogP) is 4.96. The number of aromatic nitrogens is 1. The second-order valence-corrected chi connectivity index (χ2v) is 9.63. The van der Waals surface area contributed by atoms with Gasteiger partial charge in [0, 0.05) is 25.0 Å². The Hall–Kier alpha value is -2.89. The molecular weight excluding hydrogens is 392 g/mol. The summed E-state index contributed by atoms with van der Waals surface area (Å²) >= 11 is 0. The average Bonchev–Trinajstić information content (AvgIpc) is 3.31. The van der Waals surface area contributed by atoms with Crippen LogP contribution in [0.25, 0.3) is 10.9 Å². The highest BCUT2D eigenvalue weighted by Crippen LogP contribution is 2.36. The summed E-state index contributed by atoms with van der Waals surface area (Å²) in [6.07, 6.45) is 1.03. The van der Waals surface area contributed by atoms with Crippen LogP contribution in [0, 0.1) is 0 Å². The summed E-state index contributed by atoms with van der Waals surface area (Å²) in [5, 5.41) is 1.02. The molecule has 1 aliphatic heterocycles. The van der Waals surface area contributed by atoms with E-state index in [2.05, 4.69) is 36.1 Å². The molecule has 0 saturated carbocycles. The number of aryl methyl sites for hydroxylation is 1. The number of nitrogens with zero attached hydrogens (tertiary/aromatic N) is 2. The quantitative estimate of drug-likeness (QED) is 0.462. The first kappa shape index (κ1) is 19.1. The molecule has 1 aliphatic rings. The van der Waals surface area contributed by atoms with Crippen LogP contribution in [0.2, 0.25) is 0 Å². The van der Waals surface area contributed by atoms with Crippen LogP contribution in [0.4, 0.5) is 0 Å². The Balaban J connectivity index is 1.55. The van der Waals surface area contributed by atoms with Crippen molar-refractivity contribution in [1.29, 1.82) is 0 Å². The van der Waals surface area contributed by atoms with Crippen LogP contribution in [0.5, 0.6) is 0 Å². The van der Waals surface area contributed by atoms with Crippen LogP contribution in [-0.2, 0) is 36.1 Å². The zero-order chi connectivity index (χ0) is 20.7. The van der Waals surface area contributed by atoms with Crippen molar-refractivity contribution in [2.24, 2.45) is 0 Å². The van der Waals surface area contributed by atoms with Gasteiger partial charge < -0.3 is 0 Å². The fourth-order valence-corrected chi connectivity index (χ4v) is 5.97. The standard InChI is InChI=1S/C25H24N2O2S/c1-2-19-12-14-20(15-13-19)16-26-17-23-22-10-6-7-11-24(22)27(25(23)18-26)30(28,29)21-8-4-3-5-9-21/h3-15H,2,16-18H2,1H3. The van der Waals surface area contributed by atoms with E-state index in [1.165, 1.54) is 11.1 Å². The normalized spacial score (nSPS) is 14.3. The molecule has 0 bridgehead atoms. The van der Waals surface area contributed by atoms with Crippen LogP contribution in [0.1, 0.15) is 29.3 Å². The van der Waals surface area contributed by atoms with Crippen LogP contribution in [0.15, 0.2) is 83.8 Å². The summed E-state index contributed by atoms with van der Waals surface area (Å²) in [7, 11) is -3.66. The molecule has 0 atom stereocenters. The lowest BCUT2D eigenvalue weighted by Gasteiger charge is -2.17. The van der Waals surface area contributed by atoms with Gasteiger partial charge in [0.2, 0.25) is 0 Å². The van der Waals surface area contributed by atoms with Crippen molar-refractivity contribution < 1.29 is 8.42 Å². The molecule has 2 heterocycles. The molecule has 4 aromatic rings. The third-order valence-electron chi connectivity index (χ3n) is 5.92. The molecule has 5 rings (SSSR count).